The molecule has 0 spiro atoms. The van der Waals surface area contributed by atoms with E-state index in [0.29, 0.717) is 5.41 Å². The lowest BCUT2D eigenvalue weighted by molar-refractivity contribution is 0.411. The van der Waals surface area contributed by atoms with Crippen LogP contribution < -0.4 is 4.74 Å². The van der Waals surface area contributed by atoms with Gasteiger partial charge in [0.2, 0.25) is 0 Å². The third-order valence-corrected chi connectivity index (χ3v) is 3.35. The molecule has 0 unspecified atom stereocenters. The van der Waals surface area contributed by atoms with E-state index in [1.54, 1.807) is 7.11 Å². The van der Waals surface area contributed by atoms with Gasteiger partial charge in [-0.15, -0.1) is 0 Å². The molecule has 0 aromatic heterocycles. The number of hydrogen-bond acceptors (Lipinski definition) is 1. The molecule has 92 valence electrons. The molecule has 0 aliphatic heterocycles. The minimum atomic E-state index is 0.312. The Balaban J connectivity index is 0.00000106. The lowest BCUT2D eigenvalue weighted by atomic mass is 9.78. The molecule has 16 heavy (non-hydrogen) atoms. The van der Waals surface area contributed by atoms with Crippen molar-refractivity contribution in [2.75, 3.05) is 7.11 Å². The average molecular weight is 222 g/mol. The fraction of sp³-hybridized carbons (Fsp3) is 0.600. The molecule has 0 fully saturated rings. The second kappa shape index (κ2) is 7.32. The zero-order valence-corrected chi connectivity index (χ0v) is 11.6. The van der Waals surface area contributed by atoms with Crippen LogP contribution in [-0.4, -0.2) is 7.11 Å². The van der Waals surface area contributed by atoms with Crippen LogP contribution in [0.5, 0.6) is 5.75 Å². The Morgan fingerprint density at radius 1 is 1.00 bits per heavy atom. The van der Waals surface area contributed by atoms with E-state index in [1.165, 1.54) is 18.4 Å². The molecule has 0 bridgehead atoms. The van der Waals surface area contributed by atoms with E-state index in [2.05, 4.69) is 32.9 Å². The first-order chi connectivity index (χ1) is 7.66. The van der Waals surface area contributed by atoms with Gasteiger partial charge >= 0.3 is 0 Å². The van der Waals surface area contributed by atoms with E-state index in [9.17, 15) is 0 Å². The van der Waals surface area contributed by atoms with E-state index < -0.39 is 0 Å². The SMILES string of the molecule is CC.CCC(C)(CC)c1ccc(OC)cc1. The molecule has 0 aliphatic rings. The molecule has 1 aromatic rings. The van der Waals surface area contributed by atoms with E-state index >= 15 is 0 Å². The van der Waals surface area contributed by atoms with Crippen LogP contribution in [0.1, 0.15) is 53.0 Å². The van der Waals surface area contributed by atoms with Gasteiger partial charge in [-0.3, -0.25) is 0 Å². The maximum absolute atomic E-state index is 5.15. The van der Waals surface area contributed by atoms with Crippen LogP contribution in [0.4, 0.5) is 0 Å². The van der Waals surface area contributed by atoms with Gasteiger partial charge in [0.05, 0.1) is 7.11 Å². The van der Waals surface area contributed by atoms with Crippen LogP contribution in [0.25, 0.3) is 0 Å². The maximum Gasteiger partial charge on any atom is 0.118 e. The Hall–Kier alpha value is -0.980. The molecule has 0 amide bonds. The van der Waals surface area contributed by atoms with Gasteiger partial charge in [-0.1, -0.05) is 46.8 Å². The second-order valence-electron chi connectivity index (χ2n) is 4.00. The Morgan fingerprint density at radius 3 is 1.75 bits per heavy atom. The quantitative estimate of drug-likeness (QED) is 0.711. The maximum atomic E-state index is 5.15. The van der Waals surface area contributed by atoms with Gasteiger partial charge in [-0.05, 0) is 36.0 Å². The highest BCUT2D eigenvalue weighted by Gasteiger charge is 2.21. The summed E-state index contributed by atoms with van der Waals surface area (Å²) in [5.41, 5.74) is 1.72. The van der Waals surface area contributed by atoms with Crippen molar-refractivity contribution in [3.05, 3.63) is 29.8 Å². The van der Waals surface area contributed by atoms with Crippen LogP contribution in [0.2, 0.25) is 0 Å². The largest absolute Gasteiger partial charge is 0.497 e. The zero-order valence-electron chi connectivity index (χ0n) is 11.6. The van der Waals surface area contributed by atoms with Gasteiger partial charge in [0.15, 0.2) is 0 Å². The summed E-state index contributed by atoms with van der Waals surface area (Å²) in [6.45, 7) is 10.8. The monoisotopic (exact) mass is 222 g/mol. The number of rotatable bonds is 4. The molecule has 1 heteroatoms. The van der Waals surface area contributed by atoms with Crippen LogP contribution >= 0.6 is 0 Å². The molecular weight excluding hydrogens is 196 g/mol. The molecule has 0 radical (unpaired) electrons. The van der Waals surface area contributed by atoms with Crippen LogP contribution in [0, 0.1) is 0 Å². The summed E-state index contributed by atoms with van der Waals surface area (Å²) in [5, 5.41) is 0. The number of ether oxygens (including phenoxy) is 1. The minimum Gasteiger partial charge on any atom is -0.497 e. The molecule has 0 N–H and O–H groups in total. The van der Waals surface area contributed by atoms with E-state index in [-0.39, 0.29) is 0 Å². The number of benzene rings is 1. The molecule has 1 aromatic carbocycles. The normalized spacial score (nSPS) is 10.4. The Labute approximate surface area is 101 Å². The van der Waals surface area contributed by atoms with Crippen molar-refractivity contribution in [3.63, 3.8) is 0 Å². The third-order valence-electron chi connectivity index (χ3n) is 3.35. The summed E-state index contributed by atoms with van der Waals surface area (Å²) in [6, 6.07) is 8.43. The van der Waals surface area contributed by atoms with E-state index in [1.807, 2.05) is 26.0 Å². The number of methoxy groups -OCH3 is 1. The fourth-order valence-electron chi connectivity index (χ4n) is 1.65. The highest BCUT2D eigenvalue weighted by molar-refractivity contribution is 5.31. The molecule has 0 saturated heterocycles. The summed E-state index contributed by atoms with van der Waals surface area (Å²) >= 11 is 0. The topological polar surface area (TPSA) is 9.23 Å². The van der Waals surface area contributed by atoms with Crippen molar-refractivity contribution in [3.8, 4) is 5.75 Å². The molecule has 0 heterocycles. The first-order valence-corrected chi connectivity index (χ1v) is 6.31. The third kappa shape index (κ3) is 3.55. The zero-order chi connectivity index (χ0) is 12.6. The average Bonchev–Trinajstić information content (AvgIpc) is 2.40. The van der Waals surface area contributed by atoms with Crippen molar-refractivity contribution in [2.24, 2.45) is 0 Å². The van der Waals surface area contributed by atoms with Crippen molar-refractivity contribution in [1.82, 2.24) is 0 Å². The summed E-state index contributed by atoms with van der Waals surface area (Å²) < 4.78 is 5.15. The standard InChI is InChI=1S/C13H20O.C2H6/c1-5-13(3,6-2)11-7-9-12(14-4)10-8-11;1-2/h7-10H,5-6H2,1-4H3;1-2H3. The lowest BCUT2D eigenvalue weighted by Gasteiger charge is -2.27. The van der Waals surface area contributed by atoms with Gasteiger partial charge in [-0.25, -0.2) is 0 Å². The predicted molar refractivity (Wildman–Crippen MR) is 72.3 cm³/mol. The van der Waals surface area contributed by atoms with Crippen LogP contribution in [0.3, 0.4) is 0 Å². The van der Waals surface area contributed by atoms with Crippen LogP contribution in [-0.2, 0) is 5.41 Å². The molecule has 0 saturated carbocycles. The summed E-state index contributed by atoms with van der Waals surface area (Å²) in [7, 11) is 1.70. The molecule has 0 aliphatic carbocycles. The van der Waals surface area contributed by atoms with Crippen LogP contribution in [0.15, 0.2) is 24.3 Å². The lowest BCUT2D eigenvalue weighted by Crippen LogP contribution is -2.19. The van der Waals surface area contributed by atoms with Gasteiger partial charge in [0.25, 0.3) is 0 Å². The second-order valence-corrected chi connectivity index (χ2v) is 4.00. The van der Waals surface area contributed by atoms with Gasteiger partial charge in [0, 0.05) is 0 Å². The minimum absolute atomic E-state index is 0.312. The van der Waals surface area contributed by atoms with Gasteiger partial charge in [0.1, 0.15) is 5.75 Å². The molecule has 1 nitrogen and oxygen atoms in total. The van der Waals surface area contributed by atoms with Crippen molar-refractivity contribution in [2.45, 2.75) is 52.9 Å². The summed E-state index contributed by atoms with van der Waals surface area (Å²) in [5.74, 6) is 0.934. The number of hydrogen-bond donors (Lipinski definition) is 0. The predicted octanol–water partition coefficient (Wildman–Crippen LogP) is 4.80. The Morgan fingerprint density at radius 2 is 1.44 bits per heavy atom. The van der Waals surface area contributed by atoms with E-state index in [0.717, 1.165) is 5.75 Å². The first kappa shape index (κ1) is 15.0. The van der Waals surface area contributed by atoms with Gasteiger partial charge in [-0.2, -0.15) is 0 Å². The Bertz CT molecular complexity index is 270. The van der Waals surface area contributed by atoms with Crippen molar-refractivity contribution >= 4 is 0 Å². The molecule has 0 atom stereocenters. The highest BCUT2D eigenvalue weighted by Crippen LogP contribution is 2.31. The first-order valence-electron chi connectivity index (χ1n) is 6.31. The van der Waals surface area contributed by atoms with Crippen molar-refractivity contribution in [1.29, 1.82) is 0 Å². The fourth-order valence-corrected chi connectivity index (χ4v) is 1.65. The van der Waals surface area contributed by atoms with E-state index in [4.69, 9.17) is 4.74 Å². The highest BCUT2D eigenvalue weighted by atomic mass is 16.5. The summed E-state index contributed by atoms with van der Waals surface area (Å²) in [6.07, 6.45) is 2.35. The Kier molecular flexibility index (Phi) is 6.87. The summed E-state index contributed by atoms with van der Waals surface area (Å²) in [4.78, 5) is 0. The van der Waals surface area contributed by atoms with Crippen molar-refractivity contribution < 1.29 is 4.74 Å². The smallest absolute Gasteiger partial charge is 0.118 e. The molecule has 1 rings (SSSR count). The molecular formula is C15H26O. The van der Waals surface area contributed by atoms with Gasteiger partial charge < -0.3 is 4.74 Å².